The molecule has 0 amide bonds. The summed E-state index contributed by atoms with van der Waals surface area (Å²) in [6.45, 7) is 5.37. The Morgan fingerprint density at radius 3 is 2.81 bits per heavy atom. The first-order chi connectivity index (χ1) is 10.1. The lowest BCUT2D eigenvalue weighted by atomic mass is 9.91. The summed E-state index contributed by atoms with van der Waals surface area (Å²) in [6, 6.07) is 0.518. The Balaban J connectivity index is 1.91. The summed E-state index contributed by atoms with van der Waals surface area (Å²) in [5.41, 5.74) is 0.982. The second-order valence-electron chi connectivity index (χ2n) is 5.75. The molecule has 1 fully saturated rings. The first-order valence-corrected chi connectivity index (χ1v) is 8.25. The third-order valence-corrected chi connectivity index (χ3v) is 5.52. The van der Waals surface area contributed by atoms with Crippen LogP contribution in [0.2, 0.25) is 0 Å². The molecule has 0 bridgehead atoms. The third-order valence-electron chi connectivity index (χ3n) is 4.42. The maximum atomic E-state index is 12.3. The summed E-state index contributed by atoms with van der Waals surface area (Å²) in [4.78, 5) is 24.0. The zero-order valence-corrected chi connectivity index (χ0v) is 13.3. The number of hydrogen-bond donors (Lipinski definition) is 2. The number of aryl methyl sites for hydroxylation is 2. The lowest BCUT2D eigenvalue weighted by Crippen LogP contribution is -2.41. The van der Waals surface area contributed by atoms with E-state index in [-0.39, 0.29) is 12.2 Å². The molecule has 2 aromatic rings. The number of thiophene rings is 1. The number of fused-ring (bicyclic) bond motifs is 1. The van der Waals surface area contributed by atoms with Crippen molar-refractivity contribution < 1.29 is 5.11 Å². The fourth-order valence-corrected chi connectivity index (χ4v) is 3.89. The highest BCUT2D eigenvalue weighted by atomic mass is 32.1. The van der Waals surface area contributed by atoms with Gasteiger partial charge in [0.25, 0.3) is 5.56 Å². The molecular formula is C15H21N3O2S. The van der Waals surface area contributed by atoms with Gasteiger partial charge in [-0.15, -0.1) is 11.3 Å². The monoisotopic (exact) mass is 307 g/mol. The molecule has 0 aromatic carbocycles. The lowest BCUT2D eigenvalue weighted by Gasteiger charge is -2.36. The van der Waals surface area contributed by atoms with Crippen LogP contribution in [0.4, 0.5) is 0 Å². The Kier molecular flexibility index (Phi) is 4.10. The van der Waals surface area contributed by atoms with Crippen molar-refractivity contribution in [1.29, 1.82) is 0 Å². The van der Waals surface area contributed by atoms with Crippen LogP contribution < -0.4 is 5.56 Å². The molecule has 5 nitrogen and oxygen atoms in total. The van der Waals surface area contributed by atoms with Gasteiger partial charge in [0, 0.05) is 17.5 Å². The molecule has 114 valence electrons. The van der Waals surface area contributed by atoms with Crippen molar-refractivity contribution >= 4 is 21.6 Å². The van der Waals surface area contributed by atoms with Crippen LogP contribution in [0.15, 0.2) is 4.79 Å². The van der Waals surface area contributed by atoms with Crippen molar-refractivity contribution in [3.63, 3.8) is 0 Å². The van der Waals surface area contributed by atoms with Crippen LogP contribution in [0.3, 0.4) is 0 Å². The van der Waals surface area contributed by atoms with Crippen molar-refractivity contribution in [1.82, 2.24) is 14.9 Å². The van der Waals surface area contributed by atoms with E-state index in [2.05, 4.69) is 14.9 Å². The molecule has 0 radical (unpaired) electrons. The zero-order chi connectivity index (χ0) is 15.0. The van der Waals surface area contributed by atoms with Gasteiger partial charge in [0.05, 0.1) is 18.5 Å². The van der Waals surface area contributed by atoms with E-state index in [1.807, 2.05) is 13.8 Å². The highest BCUT2D eigenvalue weighted by Crippen LogP contribution is 2.27. The number of nitrogens with zero attached hydrogens (tertiary/aromatic N) is 2. The van der Waals surface area contributed by atoms with Crippen LogP contribution >= 0.6 is 11.3 Å². The molecular weight excluding hydrogens is 286 g/mol. The smallest absolute Gasteiger partial charge is 0.259 e. The molecule has 0 unspecified atom stereocenters. The van der Waals surface area contributed by atoms with Crippen LogP contribution in [0.5, 0.6) is 0 Å². The highest BCUT2D eigenvalue weighted by Gasteiger charge is 2.25. The maximum absolute atomic E-state index is 12.3. The number of aromatic nitrogens is 2. The molecule has 0 saturated heterocycles. The average Bonchev–Trinajstić information content (AvgIpc) is 2.63. The van der Waals surface area contributed by atoms with Crippen molar-refractivity contribution in [2.24, 2.45) is 0 Å². The number of aromatic amines is 1. The summed E-state index contributed by atoms with van der Waals surface area (Å²) in [5.74, 6) is 0.703. The number of H-pyrrole nitrogens is 1. The van der Waals surface area contributed by atoms with Gasteiger partial charge in [-0.25, -0.2) is 4.98 Å². The lowest BCUT2D eigenvalue weighted by molar-refractivity contribution is 0.0921. The Morgan fingerprint density at radius 1 is 1.43 bits per heavy atom. The molecule has 3 rings (SSSR count). The summed E-state index contributed by atoms with van der Waals surface area (Å²) >= 11 is 1.58. The standard InChI is InChI=1S/C15H21N3O2S/c1-9-10(2)21-15-13(9)14(20)16-12(17-15)8-18(6-7-19)11-4-3-5-11/h11,19H,3-8H2,1-2H3,(H,16,17,20). The first kappa shape index (κ1) is 14.7. The quantitative estimate of drug-likeness (QED) is 0.886. The average molecular weight is 307 g/mol. The van der Waals surface area contributed by atoms with E-state index in [1.165, 1.54) is 19.3 Å². The fraction of sp³-hybridized carbons (Fsp3) is 0.600. The van der Waals surface area contributed by atoms with Gasteiger partial charge in [-0.3, -0.25) is 9.69 Å². The van der Waals surface area contributed by atoms with E-state index in [1.54, 1.807) is 11.3 Å². The van der Waals surface area contributed by atoms with Gasteiger partial charge in [0.15, 0.2) is 0 Å². The van der Waals surface area contributed by atoms with Gasteiger partial charge < -0.3 is 10.1 Å². The van der Waals surface area contributed by atoms with Crippen LogP contribution in [0, 0.1) is 13.8 Å². The van der Waals surface area contributed by atoms with Crippen LogP contribution in [-0.4, -0.2) is 39.2 Å². The van der Waals surface area contributed by atoms with E-state index in [0.29, 0.717) is 25.0 Å². The van der Waals surface area contributed by atoms with E-state index in [9.17, 15) is 9.90 Å². The predicted molar refractivity (Wildman–Crippen MR) is 84.8 cm³/mol. The van der Waals surface area contributed by atoms with Crippen molar-refractivity contribution in [3.8, 4) is 0 Å². The molecule has 2 aromatic heterocycles. The second kappa shape index (κ2) is 5.87. The summed E-state index contributed by atoms with van der Waals surface area (Å²) in [7, 11) is 0. The Labute approximate surface area is 127 Å². The minimum absolute atomic E-state index is 0.0468. The largest absolute Gasteiger partial charge is 0.395 e. The van der Waals surface area contributed by atoms with Crippen molar-refractivity contribution in [2.75, 3.05) is 13.2 Å². The van der Waals surface area contributed by atoms with Crippen LogP contribution in [0.1, 0.15) is 35.5 Å². The summed E-state index contributed by atoms with van der Waals surface area (Å²) in [5, 5.41) is 9.94. The van der Waals surface area contributed by atoms with Gasteiger partial charge in [-0.1, -0.05) is 6.42 Å². The van der Waals surface area contributed by atoms with Crippen molar-refractivity contribution in [2.45, 2.75) is 45.7 Å². The number of nitrogens with one attached hydrogen (secondary N) is 1. The van der Waals surface area contributed by atoms with Crippen LogP contribution in [0.25, 0.3) is 10.2 Å². The van der Waals surface area contributed by atoms with E-state index in [4.69, 9.17) is 0 Å². The normalized spacial score (nSPS) is 15.8. The van der Waals surface area contributed by atoms with Gasteiger partial charge in [0.2, 0.25) is 0 Å². The molecule has 0 aliphatic heterocycles. The predicted octanol–water partition coefficient (Wildman–Crippen LogP) is 1.95. The molecule has 1 aliphatic carbocycles. The van der Waals surface area contributed by atoms with Gasteiger partial charge in [-0.2, -0.15) is 0 Å². The number of hydrogen-bond acceptors (Lipinski definition) is 5. The van der Waals surface area contributed by atoms with Gasteiger partial charge in [0.1, 0.15) is 10.7 Å². The van der Waals surface area contributed by atoms with Gasteiger partial charge >= 0.3 is 0 Å². The molecule has 1 aliphatic rings. The fourth-order valence-electron chi connectivity index (χ4n) is 2.84. The Hall–Kier alpha value is -1.24. The molecule has 1 saturated carbocycles. The highest BCUT2D eigenvalue weighted by molar-refractivity contribution is 7.18. The SMILES string of the molecule is Cc1sc2nc(CN(CCO)C3CCC3)[nH]c(=O)c2c1C. The second-order valence-corrected chi connectivity index (χ2v) is 6.96. The molecule has 2 N–H and O–H groups in total. The third kappa shape index (κ3) is 2.75. The number of aliphatic hydroxyl groups excluding tert-OH is 1. The Bertz CT molecular complexity index is 703. The summed E-state index contributed by atoms with van der Waals surface area (Å²) in [6.07, 6.45) is 3.59. The molecule has 6 heteroatoms. The van der Waals surface area contributed by atoms with E-state index in [0.717, 1.165) is 20.7 Å². The molecule has 21 heavy (non-hydrogen) atoms. The summed E-state index contributed by atoms with van der Waals surface area (Å²) < 4.78 is 0. The number of rotatable bonds is 5. The van der Waals surface area contributed by atoms with E-state index < -0.39 is 0 Å². The van der Waals surface area contributed by atoms with Crippen molar-refractivity contribution in [3.05, 3.63) is 26.6 Å². The Morgan fingerprint density at radius 2 is 2.19 bits per heavy atom. The molecule has 0 spiro atoms. The topological polar surface area (TPSA) is 69.2 Å². The maximum Gasteiger partial charge on any atom is 0.259 e. The zero-order valence-electron chi connectivity index (χ0n) is 12.5. The van der Waals surface area contributed by atoms with Crippen LogP contribution in [-0.2, 0) is 6.54 Å². The molecule has 0 atom stereocenters. The minimum atomic E-state index is -0.0468. The molecule has 2 heterocycles. The first-order valence-electron chi connectivity index (χ1n) is 7.44. The van der Waals surface area contributed by atoms with Gasteiger partial charge in [-0.05, 0) is 32.3 Å². The number of aliphatic hydroxyl groups is 1. The van der Waals surface area contributed by atoms with E-state index >= 15 is 0 Å². The minimum Gasteiger partial charge on any atom is -0.395 e.